The fourth-order valence-corrected chi connectivity index (χ4v) is 2.65. The van der Waals surface area contributed by atoms with Crippen molar-refractivity contribution >= 4 is 17.7 Å². The first-order chi connectivity index (χ1) is 10.5. The van der Waals surface area contributed by atoms with Crippen LogP contribution in [0.2, 0.25) is 0 Å². The van der Waals surface area contributed by atoms with Crippen molar-refractivity contribution in [3.63, 3.8) is 0 Å². The molecule has 7 heteroatoms. The summed E-state index contributed by atoms with van der Waals surface area (Å²) in [5.74, 6) is 1.88. The van der Waals surface area contributed by atoms with Gasteiger partial charge in [0, 0.05) is 18.7 Å². The first kappa shape index (κ1) is 16.4. The molecule has 0 bridgehead atoms. The highest BCUT2D eigenvalue weighted by molar-refractivity contribution is 7.99. The molecule has 1 aromatic carbocycles. The minimum atomic E-state index is -0.00556. The number of ether oxygens (including phenoxy) is 1. The Balaban J connectivity index is 2.07. The van der Waals surface area contributed by atoms with Crippen LogP contribution in [-0.4, -0.2) is 39.6 Å². The van der Waals surface area contributed by atoms with E-state index >= 15 is 0 Å². The summed E-state index contributed by atoms with van der Waals surface area (Å²) in [7, 11) is 3.52. The average molecular weight is 320 g/mol. The van der Waals surface area contributed by atoms with Gasteiger partial charge >= 0.3 is 0 Å². The third kappa shape index (κ3) is 4.00. The van der Waals surface area contributed by atoms with Gasteiger partial charge in [-0.1, -0.05) is 11.8 Å². The van der Waals surface area contributed by atoms with Crippen molar-refractivity contribution < 1.29 is 9.53 Å². The SMILES string of the molecule is COc1ccc(-c2nnc(SCC(=O)NC(C)C)n2C)cc1. The van der Waals surface area contributed by atoms with Crippen molar-refractivity contribution in [1.82, 2.24) is 20.1 Å². The maximum Gasteiger partial charge on any atom is 0.230 e. The summed E-state index contributed by atoms with van der Waals surface area (Å²) in [5, 5.41) is 11.9. The van der Waals surface area contributed by atoms with Crippen molar-refractivity contribution in [2.24, 2.45) is 7.05 Å². The van der Waals surface area contributed by atoms with Crippen molar-refractivity contribution in [2.75, 3.05) is 12.9 Å². The normalized spacial score (nSPS) is 10.8. The summed E-state index contributed by atoms with van der Waals surface area (Å²) in [6.07, 6.45) is 0. The van der Waals surface area contributed by atoms with Crippen LogP contribution in [0.25, 0.3) is 11.4 Å². The molecule has 1 N–H and O–H groups in total. The highest BCUT2D eigenvalue weighted by Gasteiger charge is 2.13. The fraction of sp³-hybridized carbons (Fsp3) is 0.400. The van der Waals surface area contributed by atoms with E-state index in [4.69, 9.17) is 4.74 Å². The van der Waals surface area contributed by atoms with E-state index in [1.807, 2.05) is 49.7 Å². The number of rotatable bonds is 6. The summed E-state index contributed by atoms with van der Waals surface area (Å²) in [5.41, 5.74) is 0.953. The van der Waals surface area contributed by atoms with E-state index in [2.05, 4.69) is 15.5 Å². The number of hydrogen-bond donors (Lipinski definition) is 1. The van der Waals surface area contributed by atoms with Crippen molar-refractivity contribution in [1.29, 1.82) is 0 Å². The topological polar surface area (TPSA) is 69.0 Å². The van der Waals surface area contributed by atoms with Gasteiger partial charge in [0.2, 0.25) is 5.91 Å². The molecule has 0 radical (unpaired) electrons. The van der Waals surface area contributed by atoms with Crippen LogP contribution in [-0.2, 0) is 11.8 Å². The lowest BCUT2D eigenvalue weighted by molar-refractivity contribution is -0.119. The van der Waals surface area contributed by atoms with Gasteiger partial charge in [-0.2, -0.15) is 0 Å². The number of hydrogen-bond acceptors (Lipinski definition) is 5. The minimum absolute atomic E-state index is 0.00556. The zero-order valence-electron chi connectivity index (χ0n) is 13.2. The van der Waals surface area contributed by atoms with Crippen molar-refractivity contribution in [3.8, 4) is 17.1 Å². The molecule has 0 spiro atoms. The van der Waals surface area contributed by atoms with Crippen molar-refractivity contribution in [3.05, 3.63) is 24.3 Å². The van der Waals surface area contributed by atoms with Crippen LogP contribution in [0.5, 0.6) is 5.75 Å². The predicted octanol–water partition coefficient (Wildman–Crippen LogP) is 2.11. The quantitative estimate of drug-likeness (QED) is 0.826. The van der Waals surface area contributed by atoms with Crippen LogP contribution >= 0.6 is 11.8 Å². The molecule has 0 aliphatic rings. The molecule has 22 heavy (non-hydrogen) atoms. The Morgan fingerprint density at radius 2 is 2.00 bits per heavy atom. The molecule has 118 valence electrons. The number of thioether (sulfide) groups is 1. The van der Waals surface area contributed by atoms with Gasteiger partial charge < -0.3 is 14.6 Å². The Hall–Kier alpha value is -2.02. The zero-order valence-corrected chi connectivity index (χ0v) is 14.0. The number of nitrogens with one attached hydrogen (secondary N) is 1. The molecule has 2 rings (SSSR count). The van der Waals surface area contributed by atoms with Crippen LogP contribution in [0.3, 0.4) is 0 Å². The highest BCUT2D eigenvalue weighted by Crippen LogP contribution is 2.24. The van der Waals surface area contributed by atoms with E-state index in [1.54, 1.807) is 7.11 Å². The Morgan fingerprint density at radius 3 is 2.59 bits per heavy atom. The minimum Gasteiger partial charge on any atom is -0.497 e. The molecule has 6 nitrogen and oxygen atoms in total. The molecular weight excluding hydrogens is 300 g/mol. The Kier molecular flexibility index (Phi) is 5.43. The largest absolute Gasteiger partial charge is 0.497 e. The summed E-state index contributed by atoms with van der Waals surface area (Å²) in [4.78, 5) is 11.7. The van der Waals surface area contributed by atoms with Gasteiger partial charge in [-0.15, -0.1) is 10.2 Å². The van der Waals surface area contributed by atoms with Gasteiger partial charge in [-0.05, 0) is 38.1 Å². The Labute approximate surface area is 134 Å². The molecule has 2 aromatic rings. The van der Waals surface area contributed by atoms with Gasteiger partial charge in [0.05, 0.1) is 12.9 Å². The van der Waals surface area contributed by atoms with Crippen LogP contribution < -0.4 is 10.1 Å². The monoisotopic (exact) mass is 320 g/mol. The molecule has 0 fully saturated rings. The van der Waals surface area contributed by atoms with E-state index in [9.17, 15) is 4.79 Å². The summed E-state index contributed by atoms with van der Waals surface area (Å²) < 4.78 is 7.03. The highest BCUT2D eigenvalue weighted by atomic mass is 32.2. The molecule has 0 unspecified atom stereocenters. The van der Waals surface area contributed by atoms with Crippen LogP contribution in [0, 0.1) is 0 Å². The molecule has 1 amide bonds. The first-order valence-corrected chi connectivity index (χ1v) is 7.95. The number of nitrogens with zero attached hydrogens (tertiary/aromatic N) is 3. The number of benzene rings is 1. The maximum absolute atomic E-state index is 11.7. The van der Waals surface area contributed by atoms with Crippen molar-refractivity contribution in [2.45, 2.75) is 25.0 Å². The smallest absolute Gasteiger partial charge is 0.230 e. The molecule has 0 saturated carbocycles. The second kappa shape index (κ2) is 7.31. The maximum atomic E-state index is 11.7. The zero-order chi connectivity index (χ0) is 16.1. The molecule has 0 aliphatic carbocycles. The summed E-state index contributed by atoms with van der Waals surface area (Å²) in [6.45, 7) is 3.87. The molecular formula is C15H20N4O2S. The van der Waals surface area contributed by atoms with Gasteiger partial charge in [0.15, 0.2) is 11.0 Å². The number of carbonyl (C=O) groups is 1. The number of methoxy groups -OCH3 is 1. The average Bonchev–Trinajstić information content (AvgIpc) is 2.85. The Morgan fingerprint density at radius 1 is 1.32 bits per heavy atom. The molecule has 0 atom stereocenters. The van der Waals surface area contributed by atoms with Gasteiger partial charge in [0.1, 0.15) is 5.75 Å². The summed E-state index contributed by atoms with van der Waals surface area (Å²) >= 11 is 1.37. The van der Waals surface area contributed by atoms with E-state index < -0.39 is 0 Å². The molecule has 1 aromatic heterocycles. The van der Waals surface area contributed by atoms with Gasteiger partial charge in [0.25, 0.3) is 0 Å². The molecule has 1 heterocycles. The van der Waals surface area contributed by atoms with E-state index in [-0.39, 0.29) is 11.9 Å². The first-order valence-electron chi connectivity index (χ1n) is 6.97. The second-order valence-electron chi connectivity index (χ2n) is 5.10. The fourth-order valence-electron chi connectivity index (χ4n) is 1.93. The standard InChI is InChI=1S/C15H20N4O2S/c1-10(2)16-13(20)9-22-15-18-17-14(19(15)3)11-5-7-12(21-4)8-6-11/h5-8,10H,9H2,1-4H3,(H,16,20). The molecule has 0 saturated heterocycles. The third-order valence-corrected chi connectivity index (χ3v) is 3.99. The van der Waals surface area contributed by atoms with Crippen LogP contribution in [0.1, 0.15) is 13.8 Å². The second-order valence-corrected chi connectivity index (χ2v) is 6.05. The Bertz CT molecular complexity index is 637. The van der Waals surface area contributed by atoms with E-state index in [1.165, 1.54) is 11.8 Å². The van der Waals surface area contributed by atoms with Gasteiger partial charge in [-0.3, -0.25) is 4.79 Å². The van der Waals surface area contributed by atoms with E-state index in [0.29, 0.717) is 10.9 Å². The number of carbonyl (C=O) groups excluding carboxylic acids is 1. The van der Waals surface area contributed by atoms with Crippen LogP contribution in [0.4, 0.5) is 0 Å². The summed E-state index contributed by atoms with van der Waals surface area (Å²) in [6, 6.07) is 7.77. The lowest BCUT2D eigenvalue weighted by Crippen LogP contribution is -2.31. The number of aromatic nitrogens is 3. The number of amides is 1. The molecule has 0 aliphatic heterocycles. The lowest BCUT2D eigenvalue weighted by atomic mass is 10.2. The van der Waals surface area contributed by atoms with Crippen LogP contribution in [0.15, 0.2) is 29.4 Å². The predicted molar refractivity (Wildman–Crippen MR) is 87.0 cm³/mol. The van der Waals surface area contributed by atoms with E-state index in [0.717, 1.165) is 17.1 Å². The lowest BCUT2D eigenvalue weighted by Gasteiger charge is -2.08. The van der Waals surface area contributed by atoms with Gasteiger partial charge in [-0.25, -0.2) is 0 Å². The third-order valence-electron chi connectivity index (χ3n) is 2.97.